The lowest BCUT2D eigenvalue weighted by molar-refractivity contribution is 0.0659. The van der Waals surface area contributed by atoms with E-state index in [4.69, 9.17) is 16.3 Å². The lowest BCUT2D eigenvalue weighted by Crippen LogP contribution is -2.16. The Morgan fingerprint density at radius 2 is 2.20 bits per heavy atom. The van der Waals surface area contributed by atoms with Crippen LogP contribution in [0.4, 0.5) is 5.82 Å². The summed E-state index contributed by atoms with van der Waals surface area (Å²) in [5.74, 6) is 0.805. The molecule has 3 rings (SSSR count). The van der Waals surface area contributed by atoms with E-state index in [2.05, 4.69) is 28.3 Å². The molecule has 4 nitrogen and oxygen atoms in total. The zero-order valence-electron chi connectivity index (χ0n) is 11.5. The van der Waals surface area contributed by atoms with Crippen LogP contribution in [0.5, 0.6) is 0 Å². The standard InChI is InChI=1S/C14H18ClN3OS/c1-9-8-11-12(17-14(15)18-13(11)20-9)16-6-7-19-10-4-2-3-5-10/h8,10H,2-7H2,1H3,(H,16,17,18). The number of aromatic nitrogens is 2. The second-order valence-corrected chi connectivity index (χ2v) is 6.69. The molecule has 0 spiro atoms. The highest BCUT2D eigenvalue weighted by atomic mass is 35.5. The largest absolute Gasteiger partial charge is 0.376 e. The SMILES string of the molecule is Cc1cc2c(NCCOC3CCCC3)nc(Cl)nc2s1. The first kappa shape index (κ1) is 14.0. The molecule has 0 radical (unpaired) electrons. The summed E-state index contributed by atoms with van der Waals surface area (Å²) < 4.78 is 5.84. The highest BCUT2D eigenvalue weighted by molar-refractivity contribution is 7.18. The Hall–Kier alpha value is -0.910. The maximum Gasteiger partial charge on any atom is 0.225 e. The highest BCUT2D eigenvalue weighted by Crippen LogP contribution is 2.29. The molecule has 1 N–H and O–H groups in total. The number of ether oxygens (including phenoxy) is 1. The maximum atomic E-state index is 5.96. The van der Waals surface area contributed by atoms with Crippen LogP contribution >= 0.6 is 22.9 Å². The Morgan fingerprint density at radius 1 is 1.40 bits per heavy atom. The molecule has 0 unspecified atom stereocenters. The lowest BCUT2D eigenvalue weighted by Gasteiger charge is -2.12. The predicted molar refractivity (Wildman–Crippen MR) is 83.9 cm³/mol. The monoisotopic (exact) mass is 311 g/mol. The number of fused-ring (bicyclic) bond motifs is 1. The van der Waals surface area contributed by atoms with Gasteiger partial charge in [0, 0.05) is 11.4 Å². The Morgan fingerprint density at radius 3 is 3.00 bits per heavy atom. The molecule has 1 saturated carbocycles. The quantitative estimate of drug-likeness (QED) is 0.669. The topological polar surface area (TPSA) is 47.0 Å². The van der Waals surface area contributed by atoms with Gasteiger partial charge in [-0.2, -0.15) is 0 Å². The van der Waals surface area contributed by atoms with E-state index < -0.39 is 0 Å². The minimum Gasteiger partial charge on any atom is -0.376 e. The third-order valence-electron chi connectivity index (χ3n) is 3.54. The van der Waals surface area contributed by atoms with Gasteiger partial charge in [-0.3, -0.25) is 0 Å². The number of aryl methyl sites for hydroxylation is 1. The highest BCUT2D eigenvalue weighted by Gasteiger charge is 2.15. The summed E-state index contributed by atoms with van der Waals surface area (Å²) in [5, 5.41) is 4.64. The number of anilines is 1. The van der Waals surface area contributed by atoms with Crippen molar-refractivity contribution in [1.29, 1.82) is 0 Å². The average Bonchev–Trinajstić information content (AvgIpc) is 3.02. The van der Waals surface area contributed by atoms with Gasteiger partial charge in [0.2, 0.25) is 5.28 Å². The van der Waals surface area contributed by atoms with Crippen molar-refractivity contribution in [3.63, 3.8) is 0 Å². The van der Waals surface area contributed by atoms with Gasteiger partial charge in [-0.15, -0.1) is 11.3 Å². The van der Waals surface area contributed by atoms with Gasteiger partial charge >= 0.3 is 0 Å². The van der Waals surface area contributed by atoms with Crippen LogP contribution in [-0.4, -0.2) is 29.2 Å². The van der Waals surface area contributed by atoms with Crippen molar-refractivity contribution < 1.29 is 4.74 Å². The van der Waals surface area contributed by atoms with Crippen molar-refractivity contribution in [1.82, 2.24) is 9.97 Å². The van der Waals surface area contributed by atoms with Crippen molar-refractivity contribution in [2.75, 3.05) is 18.5 Å². The molecule has 0 atom stereocenters. The summed E-state index contributed by atoms with van der Waals surface area (Å²) in [6.45, 7) is 3.51. The smallest absolute Gasteiger partial charge is 0.225 e. The Kier molecular flexibility index (Phi) is 4.38. The first-order valence-corrected chi connectivity index (χ1v) is 8.21. The molecule has 0 aromatic carbocycles. The zero-order chi connectivity index (χ0) is 13.9. The molecule has 1 fully saturated rings. The van der Waals surface area contributed by atoms with Gasteiger partial charge in [0.05, 0.1) is 18.1 Å². The molecular formula is C14H18ClN3OS. The molecule has 2 aromatic heterocycles. The van der Waals surface area contributed by atoms with Crippen LogP contribution in [0, 0.1) is 6.92 Å². The van der Waals surface area contributed by atoms with Crippen LogP contribution < -0.4 is 5.32 Å². The summed E-state index contributed by atoms with van der Waals surface area (Å²) in [4.78, 5) is 10.7. The van der Waals surface area contributed by atoms with Crippen molar-refractivity contribution in [3.05, 3.63) is 16.2 Å². The van der Waals surface area contributed by atoms with Gasteiger partial charge in [-0.25, -0.2) is 9.97 Å². The first-order chi connectivity index (χ1) is 9.72. The van der Waals surface area contributed by atoms with Crippen molar-refractivity contribution in [2.45, 2.75) is 38.7 Å². The number of hydrogen-bond acceptors (Lipinski definition) is 5. The molecule has 2 aromatic rings. The van der Waals surface area contributed by atoms with Gasteiger partial charge < -0.3 is 10.1 Å². The van der Waals surface area contributed by atoms with E-state index in [0.717, 1.165) is 22.6 Å². The van der Waals surface area contributed by atoms with Crippen molar-refractivity contribution >= 4 is 39.0 Å². The van der Waals surface area contributed by atoms with Gasteiger partial charge in [0.1, 0.15) is 10.6 Å². The molecule has 0 bridgehead atoms. The summed E-state index contributed by atoms with van der Waals surface area (Å²) in [6, 6.07) is 2.09. The van der Waals surface area contributed by atoms with Crippen LogP contribution in [0.15, 0.2) is 6.07 Å². The first-order valence-electron chi connectivity index (χ1n) is 7.01. The number of hydrogen-bond donors (Lipinski definition) is 1. The minimum atomic E-state index is 0.290. The number of nitrogens with one attached hydrogen (secondary N) is 1. The minimum absolute atomic E-state index is 0.290. The van der Waals surface area contributed by atoms with E-state index >= 15 is 0 Å². The number of thiophene rings is 1. The molecule has 20 heavy (non-hydrogen) atoms. The molecule has 0 amide bonds. The fourth-order valence-electron chi connectivity index (χ4n) is 2.60. The fourth-order valence-corrected chi connectivity index (χ4v) is 3.70. The van der Waals surface area contributed by atoms with Gasteiger partial charge in [-0.05, 0) is 37.4 Å². The molecule has 1 aliphatic carbocycles. The summed E-state index contributed by atoms with van der Waals surface area (Å²) in [6.07, 6.45) is 5.46. The van der Waals surface area contributed by atoms with Crippen LogP contribution in [0.25, 0.3) is 10.2 Å². The molecule has 0 saturated heterocycles. The van der Waals surface area contributed by atoms with E-state index in [1.807, 2.05) is 0 Å². The molecule has 1 aliphatic rings. The van der Waals surface area contributed by atoms with Crippen molar-refractivity contribution in [3.8, 4) is 0 Å². The van der Waals surface area contributed by atoms with E-state index in [9.17, 15) is 0 Å². The van der Waals surface area contributed by atoms with Gasteiger partial charge in [0.25, 0.3) is 0 Å². The van der Waals surface area contributed by atoms with E-state index in [1.54, 1.807) is 11.3 Å². The van der Waals surface area contributed by atoms with Gasteiger partial charge in [-0.1, -0.05) is 12.8 Å². The molecular weight excluding hydrogens is 294 g/mol. The normalized spacial score (nSPS) is 16.1. The summed E-state index contributed by atoms with van der Waals surface area (Å²) in [5.41, 5.74) is 0. The molecule has 2 heterocycles. The average molecular weight is 312 g/mol. The second-order valence-electron chi connectivity index (χ2n) is 5.12. The van der Waals surface area contributed by atoms with Gasteiger partial charge in [0.15, 0.2) is 0 Å². The van der Waals surface area contributed by atoms with Crippen LogP contribution in [0.3, 0.4) is 0 Å². The third-order valence-corrected chi connectivity index (χ3v) is 4.65. The van der Waals surface area contributed by atoms with Crippen LogP contribution in [0.1, 0.15) is 30.6 Å². The van der Waals surface area contributed by atoms with Crippen molar-refractivity contribution in [2.24, 2.45) is 0 Å². The Bertz CT molecular complexity index is 595. The Labute approximate surface area is 127 Å². The van der Waals surface area contributed by atoms with E-state index in [1.165, 1.54) is 30.6 Å². The van der Waals surface area contributed by atoms with Crippen LogP contribution in [0.2, 0.25) is 5.28 Å². The fraction of sp³-hybridized carbons (Fsp3) is 0.571. The van der Waals surface area contributed by atoms with E-state index in [-0.39, 0.29) is 0 Å². The molecule has 0 aliphatic heterocycles. The van der Waals surface area contributed by atoms with Crippen LogP contribution in [-0.2, 0) is 4.74 Å². The molecule has 108 valence electrons. The zero-order valence-corrected chi connectivity index (χ0v) is 13.1. The summed E-state index contributed by atoms with van der Waals surface area (Å²) >= 11 is 7.60. The predicted octanol–water partition coefficient (Wildman–Crippen LogP) is 4.02. The Balaban J connectivity index is 1.61. The number of nitrogens with zero attached hydrogens (tertiary/aromatic N) is 2. The number of rotatable bonds is 5. The second kappa shape index (κ2) is 6.24. The summed E-state index contributed by atoms with van der Waals surface area (Å²) in [7, 11) is 0. The molecule has 6 heteroatoms. The maximum absolute atomic E-state index is 5.96. The number of halogens is 1. The van der Waals surface area contributed by atoms with E-state index in [0.29, 0.717) is 18.0 Å². The lowest BCUT2D eigenvalue weighted by atomic mass is 10.3. The third kappa shape index (κ3) is 3.22.